The van der Waals surface area contributed by atoms with E-state index in [0.29, 0.717) is 27.7 Å². The lowest BCUT2D eigenvalue weighted by Crippen LogP contribution is -2.32. The van der Waals surface area contributed by atoms with Gasteiger partial charge in [0.05, 0.1) is 23.2 Å². The van der Waals surface area contributed by atoms with E-state index in [1.165, 1.54) is 4.68 Å². The SMILES string of the molecule is CC(NC(=O)c1c(N)nn(C)c1C#N)c1cc2cccc(C#Cc3cnn(C)c3)c2c(=O)n1-c1ccccc1. The number of pyridine rings is 1. The lowest BCUT2D eigenvalue weighted by Gasteiger charge is -2.21. The van der Waals surface area contributed by atoms with Gasteiger partial charge in [-0.3, -0.25) is 23.5 Å². The van der Waals surface area contributed by atoms with Gasteiger partial charge < -0.3 is 11.1 Å². The summed E-state index contributed by atoms with van der Waals surface area (Å²) in [5, 5.41) is 21.7. The van der Waals surface area contributed by atoms with Crippen molar-refractivity contribution in [3.63, 3.8) is 0 Å². The van der Waals surface area contributed by atoms with Crippen molar-refractivity contribution in [1.82, 2.24) is 29.4 Å². The molecule has 0 spiro atoms. The number of hydrogen-bond acceptors (Lipinski definition) is 6. The van der Waals surface area contributed by atoms with Gasteiger partial charge in [0.15, 0.2) is 11.5 Å². The summed E-state index contributed by atoms with van der Waals surface area (Å²) in [4.78, 5) is 27.3. The molecular weight excluding hydrogens is 492 g/mol. The smallest absolute Gasteiger partial charge is 0.264 e. The highest BCUT2D eigenvalue weighted by atomic mass is 16.2. The van der Waals surface area contributed by atoms with Gasteiger partial charge in [-0.1, -0.05) is 42.2 Å². The van der Waals surface area contributed by atoms with Crippen molar-refractivity contribution in [2.45, 2.75) is 13.0 Å². The minimum Gasteiger partial charge on any atom is -0.382 e. The molecule has 3 aromatic heterocycles. The van der Waals surface area contributed by atoms with Crippen LogP contribution in [0.1, 0.15) is 45.8 Å². The van der Waals surface area contributed by atoms with Crippen LogP contribution in [0.25, 0.3) is 16.5 Å². The second kappa shape index (κ2) is 10.0. The quantitative estimate of drug-likeness (QED) is 0.353. The summed E-state index contributed by atoms with van der Waals surface area (Å²) in [6, 6.07) is 17.9. The molecule has 39 heavy (non-hydrogen) atoms. The molecule has 1 unspecified atom stereocenters. The molecule has 3 N–H and O–H groups in total. The van der Waals surface area contributed by atoms with Gasteiger partial charge >= 0.3 is 0 Å². The van der Waals surface area contributed by atoms with Crippen LogP contribution >= 0.6 is 0 Å². The van der Waals surface area contributed by atoms with Gasteiger partial charge in [0.25, 0.3) is 11.5 Å². The first-order valence-corrected chi connectivity index (χ1v) is 12.1. The summed E-state index contributed by atoms with van der Waals surface area (Å²) in [7, 11) is 3.35. The van der Waals surface area contributed by atoms with Crippen LogP contribution in [0.5, 0.6) is 0 Å². The van der Waals surface area contributed by atoms with Crippen LogP contribution in [0.4, 0.5) is 5.82 Å². The molecule has 0 aliphatic carbocycles. The minimum atomic E-state index is -0.633. The van der Waals surface area contributed by atoms with E-state index in [2.05, 4.69) is 27.4 Å². The number of amides is 1. The second-order valence-corrected chi connectivity index (χ2v) is 9.01. The number of anilines is 1. The average Bonchev–Trinajstić information content (AvgIpc) is 3.47. The lowest BCUT2D eigenvalue weighted by molar-refractivity contribution is 0.0939. The van der Waals surface area contributed by atoms with Gasteiger partial charge in [-0.25, -0.2) is 0 Å². The monoisotopic (exact) mass is 516 g/mol. The Morgan fingerprint density at radius 2 is 1.87 bits per heavy atom. The molecule has 5 rings (SSSR count). The molecule has 0 fully saturated rings. The van der Waals surface area contributed by atoms with E-state index in [9.17, 15) is 14.9 Å². The number of rotatable bonds is 4. The number of nitrogens with two attached hydrogens (primary N) is 1. The Hall–Kier alpha value is -5.61. The Kier molecular flexibility index (Phi) is 6.45. The summed E-state index contributed by atoms with van der Waals surface area (Å²) in [6.45, 7) is 1.77. The van der Waals surface area contributed by atoms with Gasteiger partial charge in [-0.15, -0.1) is 0 Å². The van der Waals surface area contributed by atoms with E-state index in [-0.39, 0.29) is 22.6 Å². The third-order valence-electron chi connectivity index (χ3n) is 6.33. The fourth-order valence-electron chi connectivity index (χ4n) is 4.51. The molecular formula is C29H24N8O2. The number of nitrogen functional groups attached to an aromatic ring is 1. The molecule has 0 saturated heterocycles. The number of nitrogens with zero attached hydrogens (tertiary/aromatic N) is 6. The van der Waals surface area contributed by atoms with Crippen LogP contribution in [0, 0.1) is 23.2 Å². The molecule has 3 heterocycles. The van der Waals surface area contributed by atoms with Crippen LogP contribution in [-0.2, 0) is 14.1 Å². The highest BCUT2D eigenvalue weighted by Crippen LogP contribution is 2.24. The Bertz CT molecular complexity index is 1900. The molecule has 1 atom stereocenters. The summed E-state index contributed by atoms with van der Waals surface area (Å²) in [5.41, 5.74) is 8.19. The first-order chi connectivity index (χ1) is 18.8. The fourth-order valence-corrected chi connectivity index (χ4v) is 4.51. The second-order valence-electron chi connectivity index (χ2n) is 9.01. The molecule has 5 aromatic rings. The topological polar surface area (TPSA) is 137 Å². The molecule has 192 valence electrons. The zero-order chi connectivity index (χ0) is 27.7. The van der Waals surface area contributed by atoms with Crippen molar-refractivity contribution in [3.8, 4) is 23.6 Å². The van der Waals surface area contributed by atoms with Crippen molar-refractivity contribution in [2.75, 3.05) is 5.73 Å². The van der Waals surface area contributed by atoms with Crippen LogP contribution in [0.3, 0.4) is 0 Å². The number of carbonyl (C=O) groups is 1. The number of benzene rings is 2. The molecule has 0 bridgehead atoms. The van der Waals surface area contributed by atoms with E-state index < -0.39 is 11.9 Å². The summed E-state index contributed by atoms with van der Waals surface area (Å²) < 4.78 is 4.50. The van der Waals surface area contributed by atoms with E-state index in [1.807, 2.05) is 67.7 Å². The molecule has 0 aliphatic heterocycles. The van der Waals surface area contributed by atoms with Gasteiger partial charge in [-0.05, 0) is 36.6 Å². The molecule has 10 nitrogen and oxygen atoms in total. The van der Waals surface area contributed by atoms with Crippen LogP contribution in [0.15, 0.2) is 71.8 Å². The largest absolute Gasteiger partial charge is 0.382 e. The van der Waals surface area contributed by atoms with Gasteiger partial charge in [0.1, 0.15) is 11.6 Å². The van der Waals surface area contributed by atoms with E-state index in [1.54, 1.807) is 35.6 Å². The van der Waals surface area contributed by atoms with Crippen LogP contribution < -0.4 is 16.6 Å². The van der Waals surface area contributed by atoms with Gasteiger partial charge in [0.2, 0.25) is 0 Å². The number of aryl methyl sites for hydroxylation is 2. The van der Waals surface area contributed by atoms with E-state index in [0.717, 1.165) is 5.56 Å². The number of nitrogens with one attached hydrogen (secondary N) is 1. The Labute approximate surface area is 223 Å². The van der Waals surface area contributed by atoms with Crippen molar-refractivity contribution < 1.29 is 4.79 Å². The lowest BCUT2D eigenvalue weighted by atomic mass is 10.0. The zero-order valence-electron chi connectivity index (χ0n) is 21.5. The zero-order valence-corrected chi connectivity index (χ0v) is 21.5. The Morgan fingerprint density at radius 1 is 1.10 bits per heavy atom. The average molecular weight is 517 g/mol. The number of nitriles is 1. The molecule has 2 aromatic carbocycles. The molecule has 0 radical (unpaired) electrons. The first kappa shape index (κ1) is 25.1. The number of aromatic nitrogens is 5. The Balaban J connectivity index is 1.65. The molecule has 10 heteroatoms. The molecule has 0 aliphatic rings. The number of para-hydroxylation sites is 1. The third-order valence-corrected chi connectivity index (χ3v) is 6.33. The fraction of sp³-hybridized carbons (Fsp3) is 0.138. The predicted molar refractivity (Wildman–Crippen MR) is 147 cm³/mol. The number of carbonyl (C=O) groups excluding carboxylic acids is 1. The molecule has 0 saturated carbocycles. The maximum Gasteiger partial charge on any atom is 0.264 e. The number of hydrogen-bond donors (Lipinski definition) is 2. The van der Waals surface area contributed by atoms with E-state index >= 15 is 0 Å². The van der Waals surface area contributed by atoms with Crippen molar-refractivity contribution >= 4 is 22.5 Å². The standard InChI is InChI=1S/C29H24N8O2/c1-18(33-28(38)26-24(15-30)36(3)34-27(26)31)23-14-21-9-7-8-20(13-12-19-16-32-35(2)17-19)25(21)29(39)37(23)22-10-5-4-6-11-22/h4-11,14,16-18H,1-3H3,(H2,31,34)(H,33,38). The highest BCUT2D eigenvalue weighted by Gasteiger charge is 2.25. The van der Waals surface area contributed by atoms with Crippen LogP contribution in [0.2, 0.25) is 0 Å². The normalized spacial score (nSPS) is 11.4. The predicted octanol–water partition coefficient (Wildman–Crippen LogP) is 2.80. The number of fused-ring (bicyclic) bond motifs is 1. The van der Waals surface area contributed by atoms with Crippen molar-refractivity contribution in [3.05, 3.63) is 105 Å². The van der Waals surface area contributed by atoms with Crippen molar-refractivity contribution in [1.29, 1.82) is 5.26 Å². The van der Waals surface area contributed by atoms with Crippen LogP contribution in [-0.4, -0.2) is 30.0 Å². The summed E-state index contributed by atoms with van der Waals surface area (Å²) >= 11 is 0. The minimum absolute atomic E-state index is 0.00536. The van der Waals surface area contributed by atoms with E-state index in [4.69, 9.17) is 5.73 Å². The molecule has 1 amide bonds. The summed E-state index contributed by atoms with van der Waals surface area (Å²) in [5.74, 6) is 5.59. The Morgan fingerprint density at radius 3 is 2.56 bits per heavy atom. The maximum absolute atomic E-state index is 14.1. The van der Waals surface area contributed by atoms with Gasteiger partial charge in [0, 0.05) is 37.2 Å². The summed E-state index contributed by atoms with van der Waals surface area (Å²) in [6.07, 6.45) is 3.46. The third kappa shape index (κ3) is 4.63. The first-order valence-electron chi connectivity index (χ1n) is 12.1. The maximum atomic E-state index is 14.1. The van der Waals surface area contributed by atoms with Crippen molar-refractivity contribution in [2.24, 2.45) is 14.1 Å². The van der Waals surface area contributed by atoms with Gasteiger partial charge in [-0.2, -0.15) is 15.5 Å². The highest BCUT2D eigenvalue weighted by molar-refractivity contribution is 6.00.